The molecule has 2 aromatic carbocycles. The third kappa shape index (κ3) is 4.97. The molecule has 0 unspecified atom stereocenters. The normalized spacial score (nSPS) is 10.0. The molecule has 6 heteroatoms. The van der Waals surface area contributed by atoms with Gasteiger partial charge in [0.1, 0.15) is 11.5 Å². The van der Waals surface area contributed by atoms with Crippen LogP contribution in [0.3, 0.4) is 0 Å². The highest BCUT2D eigenvalue weighted by molar-refractivity contribution is 6.05. The first kappa shape index (κ1) is 18.3. The van der Waals surface area contributed by atoms with Crippen molar-refractivity contribution in [1.29, 1.82) is 0 Å². The van der Waals surface area contributed by atoms with Gasteiger partial charge >= 0.3 is 5.97 Å². The molecule has 1 N–H and O–H groups in total. The Morgan fingerprint density at radius 3 is 2.04 bits per heavy atom. The van der Waals surface area contributed by atoms with Gasteiger partial charge in [-0.2, -0.15) is 0 Å². The zero-order chi connectivity index (χ0) is 18.2. The second-order valence-electron chi connectivity index (χ2n) is 5.27. The molecular weight excluding hydrogens is 322 g/mol. The van der Waals surface area contributed by atoms with Crippen molar-refractivity contribution in [2.45, 2.75) is 13.3 Å². The van der Waals surface area contributed by atoms with Gasteiger partial charge < -0.3 is 19.5 Å². The Morgan fingerprint density at radius 1 is 0.920 bits per heavy atom. The summed E-state index contributed by atoms with van der Waals surface area (Å²) in [6, 6.07) is 11.4. The molecule has 0 aromatic heterocycles. The number of esters is 1. The molecule has 0 aliphatic carbocycles. The number of carbonyl (C=O) groups excluding carboxylic acids is 2. The van der Waals surface area contributed by atoms with Crippen molar-refractivity contribution in [3.8, 4) is 11.5 Å². The molecule has 0 aliphatic rings. The highest BCUT2D eigenvalue weighted by Gasteiger charge is 2.11. The van der Waals surface area contributed by atoms with Gasteiger partial charge in [0.15, 0.2) is 0 Å². The predicted molar refractivity (Wildman–Crippen MR) is 94.5 cm³/mol. The number of hydrogen-bond donors (Lipinski definition) is 1. The molecule has 0 fully saturated rings. The van der Waals surface area contributed by atoms with Crippen LogP contribution >= 0.6 is 0 Å². The maximum absolute atomic E-state index is 12.4. The number of nitrogens with one attached hydrogen (secondary N) is 1. The maximum Gasteiger partial charge on any atom is 0.338 e. The van der Waals surface area contributed by atoms with Gasteiger partial charge in [-0.05, 0) is 42.8 Å². The fourth-order valence-corrected chi connectivity index (χ4v) is 2.11. The molecule has 2 rings (SSSR count). The molecule has 6 nitrogen and oxygen atoms in total. The standard InChI is InChI=1S/C19H21NO5/c1-4-9-25-19(22)13-5-7-15(8-6-13)20-18(21)14-10-16(23-2)12-17(11-14)24-3/h5-8,10-12H,4,9H2,1-3H3,(H,20,21). The monoisotopic (exact) mass is 343 g/mol. The van der Waals surface area contributed by atoms with Crippen LogP contribution in [0.15, 0.2) is 42.5 Å². The summed E-state index contributed by atoms with van der Waals surface area (Å²) in [7, 11) is 3.04. The highest BCUT2D eigenvalue weighted by atomic mass is 16.5. The SMILES string of the molecule is CCCOC(=O)c1ccc(NC(=O)c2cc(OC)cc(OC)c2)cc1. The van der Waals surface area contributed by atoms with Crippen LogP contribution in [-0.4, -0.2) is 32.7 Å². The van der Waals surface area contributed by atoms with Gasteiger partial charge in [0.2, 0.25) is 0 Å². The molecule has 0 radical (unpaired) electrons. The molecule has 132 valence electrons. The first-order valence-corrected chi connectivity index (χ1v) is 7.89. The van der Waals surface area contributed by atoms with E-state index in [4.69, 9.17) is 14.2 Å². The van der Waals surface area contributed by atoms with E-state index in [2.05, 4.69) is 5.32 Å². The van der Waals surface area contributed by atoms with Crippen molar-refractivity contribution in [1.82, 2.24) is 0 Å². The van der Waals surface area contributed by atoms with E-state index in [0.29, 0.717) is 34.9 Å². The van der Waals surface area contributed by atoms with E-state index < -0.39 is 0 Å². The van der Waals surface area contributed by atoms with E-state index in [0.717, 1.165) is 6.42 Å². The summed E-state index contributed by atoms with van der Waals surface area (Å²) in [5.74, 6) is 0.368. The van der Waals surface area contributed by atoms with Crippen LogP contribution < -0.4 is 14.8 Å². The second kappa shape index (κ2) is 8.73. The van der Waals surface area contributed by atoms with Crippen molar-refractivity contribution < 1.29 is 23.8 Å². The first-order chi connectivity index (χ1) is 12.1. The molecule has 0 spiro atoms. The van der Waals surface area contributed by atoms with Crippen LogP contribution in [0.25, 0.3) is 0 Å². The molecule has 0 heterocycles. The Bertz CT molecular complexity index is 718. The van der Waals surface area contributed by atoms with Crippen molar-refractivity contribution in [2.24, 2.45) is 0 Å². The van der Waals surface area contributed by atoms with Gasteiger partial charge in [-0.1, -0.05) is 6.92 Å². The van der Waals surface area contributed by atoms with Gasteiger partial charge in [0, 0.05) is 17.3 Å². The minimum Gasteiger partial charge on any atom is -0.497 e. The van der Waals surface area contributed by atoms with Crippen LogP contribution in [0.2, 0.25) is 0 Å². The Hall–Kier alpha value is -3.02. The topological polar surface area (TPSA) is 73.9 Å². The first-order valence-electron chi connectivity index (χ1n) is 7.89. The number of amides is 1. The molecule has 0 saturated heterocycles. The van der Waals surface area contributed by atoms with Crippen molar-refractivity contribution in [3.63, 3.8) is 0 Å². The average Bonchev–Trinajstić information content (AvgIpc) is 2.66. The fraction of sp³-hybridized carbons (Fsp3) is 0.263. The zero-order valence-corrected chi connectivity index (χ0v) is 14.5. The summed E-state index contributed by atoms with van der Waals surface area (Å²) >= 11 is 0. The summed E-state index contributed by atoms with van der Waals surface area (Å²) in [5, 5.41) is 2.77. The summed E-state index contributed by atoms with van der Waals surface area (Å²) in [4.78, 5) is 24.2. The van der Waals surface area contributed by atoms with E-state index >= 15 is 0 Å². The van der Waals surface area contributed by atoms with Gasteiger partial charge in [0.25, 0.3) is 5.91 Å². The quantitative estimate of drug-likeness (QED) is 0.779. The second-order valence-corrected chi connectivity index (χ2v) is 5.27. The Kier molecular flexibility index (Phi) is 6.39. The number of rotatable bonds is 7. The van der Waals surface area contributed by atoms with Gasteiger partial charge in [-0.15, -0.1) is 0 Å². The molecule has 0 bridgehead atoms. The van der Waals surface area contributed by atoms with Gasteiger partial charge in [0.05, 0.1) is 26.4 Å². The molecule has 0 atom stereocenters. The molecule has 2 aromatic rings. The third-order valence-electron chi connectivity index (χ3n) is 3.43. The number of benzene rings is 2. The number of methoxy groups -OCH3 is 2. The van der Waals surface area contributed by atoms with E-state index in [1.165, 1.54) is 14.2 Å². The molecular formula is C19H21NO5. The Balaban J connectivity index is 2.09. The summed E-state index contributed by atoms with van der Waals surface area (Å²) in [6.07, 6.45) is 0.768. The average molecular weight is 343 g/mol. The largest absolute Gasteiger partial charge is 0.497 e. The fourth-order valence-electron chi connectivity index (χ4n) is 2.11. The lowest BCUT2D eigenvalue weighted by atomic mass is 10.1. The predicted octanol–water partition coefficient (Wildman–Crippen LogP) is 3.52. The van der Waals surface area contributed by atoms with Crippen molar-refractivity contribution in [2.75, 3.05) is 26.1 Å². The summed E-state index contributed by atoms with van der Waals surface area (Å²) in [5.41, 5.74) is 1.41. The lowest BCUT2D eigenvalue weighted by Gasteiger charge is -2.10. The van der Waals surface area contributed by atoms with E-state index in [1.807, 2.05) is 6.92 Å². The Morgan fingerprint density at radius 2 is 1.52 bits per heavy atom. The van der Waals surface area contributed by atoms with E-state index in [1.54, 1.807) is 42.5 Å². The smallest absolute Gasteiger partial charge is 0.338 e. The van der Waals surface area contributed by atoms with Crippen LogP contribution in [0.4, 0.5) is 5.69 Å². The number of carbonyl (C=O) groups is 2. The van der Waals surface area contributed by atoms with Crippen LogP contribution in [0, 0.1) is 0 Å². The Labute approximate surface area is 146 Å². The van der Waals surface area contributed by atoms with Gasteiger partial charge in [-0.25, -0.2) is 4.79 Å². The van der Waals surface area contributed by atoms with Crippen LogP contribution in [-0.2, 0) is 4.74 Å². The van der Waals surface area contributed by atoms with Crippen LogP contribution in [0.1, 0.15) is 34.1 Å². The number of hydrogen-bond acceptors (Lipinski definition) is 5. The van der Waals surface area contributed by atoms with E-state index in [9.17, 15) is 9.59 Å². The van der Waals surface area contributed by atoms with E-state index in [-0.39, 0.29) is 11.9 Å². The molecule has 25 heavy (non-hydrogen) atoms. The lowest BCUT2D eigenvalue weighted by Crippen LogP contribution is -2.12. The summed E-state index contributed by atoms with van der Waals surface area (Å²) < 4.78 is 15.4. The molecule has 1 amide bonds. The molecule has 0 aliphatic heterocycles. The number of anilines is 1. The van der Waals surface area contributed by atoms with Gasteiger partial charge in [-0.3, -0.25) is 4.79 Å². The van der Waals surface area contributed by atoms with Crippen molar-refractivity contribution in [3.05, 3.63) is 53.6 Å². The third-order valence-corrected chi connectivity index (χ3v) is 3.43. The maximum atomic E-state index is 12.4. The summed E-state index contributed by atoms with van der Waals surface area (Å²) in [6.45, 7) is 2.31. The van der Waals surface area contributed by atoms with Crippen LogP contribution in [0.5, 0.6) is 11.5 Å². The minimum absolute atomic E-state index is 0.307. The lowest BCUT2D eigenvalue weighted by molar-refractivity contribution is 0.0505. The number of ether oxygens (including phenoxy) is 3. The highest BCUT2D eigenvalue weighted by Crippen LogP contribution is 2.23. The van der Waals surface area contributed by atoms with Crippen molar-refractivity contribution >= 4 is 17.6 Å². The minimum atomic E-state index is -0.378. The molecule has 0 saturated carbocycles. The zero-order valence-electron chi connectivity index (χ0n) is 14.5.